The molecule has 0 atom stereocenters. The van der Waals surface area contributed by atoms with Gasteiger partial charge in [-0.2, -0.15) is 0 Å². The monoisotopic (exact) mass is 352 g/mol. The van der Waals surface area contributed by atoms with E-state index in [-0.39, 0.29) is 5.91 Å². The first-order chi connectivity index (χ1) is 12.7. The molecule has 26 heavy (non-hydrogen) atoms. The molecule has 1 saturated heterocycles. The Morgan fingerprint density at radius 3 is 2.46 bits per heavy atom. The van der Waals surface area contributed by atoms with Crippen LogP contribution in [0.15, 0.2) is 54.6 Å². The van der Waals surface area contributed by atoms with Gasteiger partial charge in [0.25, 0.3) is 5.91 Å². The number of hydrogen-bond donors (Lipinski definition) is 2. The molecule has 0 unspecified atom stereocenters. The van der Waals surface area contributed by atoms with Crippen molar-refractivity contribution in [1.29, 1.82) is 0 Å². The van der Waals surface area contributed by atoms with Crippen LogP contribution in [-0.2, 0) is 11.2 Å². The molecule has 3 rings (SSSR count). The molecule has 0 saturated carbocycles. The summed E-state index contributed by atoms with van der Waals surface area (Å²) in [6.07, 6.45) is 2.01. The van der Waals surface area contributed by atoms with Gasteiger partial charge in [-0.25, -0.2) is 0 Å². The van der Waals surface area contributed by atoms with Crippen molar-refractivity contribution in [1.82, 2.24) is 5.32 Å². The molecular weight excluding hydrogens is 322 g/mol. The van der Waals surface area contributed by atoms with E-state index < -0.39 is 0 Å². The van der Waals surface area contributed by atoms with Gasteiger partial charge in [-0.05, 0) is 37.0 Å². The first-order valence-electron chi connectivity index (χ1n) is 9.67. The van der Waals surface area contributed by atoms with Crippen molar-refractivity contribution >= 4 is 11.6 Å². The van der Waals surface area contributed by atoms with Crippen molar-refractivity contribution < 1.29 is 9.69 Å². The van der Waals surface area contributed by atoms with E-state index >= 15 is 0 Å². The fraction of sp³-hybridized carbons (Fsp3) is 0.409. The van der Waals surface area contributed by atoms with E-state index in [9.17, 15) is 4.79 Å². The predicted molar refractivity (Wildman–Crippen MR) is 107 cm³/mol. The smallest absolute Gasteiger partial charge is 0.275 e. The van der Waals surface area contributed by atoms with Crippen LogP contribution in [0, 0.1) is 6.92 Å². The number of amides is 1. The van der Waals surface area contributed by atoms with Crippen LogP contribution >= 0.6 is 0 Å². The first-order valence-corrected chi connectivity index (χ1v) is 9.67. The Bertz CT molecular complexity index is 694. The summed E-state index contributed by atoms with van der Waals surface area (Å²) < 4.78 is 0. The lowest BCUT2D eigenvalue weighted by Crippen LogP contribution is -3.16. The third-order valence-corrected chi connectivity index (χ3v) is 5.14. The lowest BCUT2D eigenvalue weighted by Gasteiger charge is -2.34. The molecule has 1 aliphatic rings. The van der Waals surface area contributed by atoms with Crippen LogP contribution in [0.25, 0.3) is 0 Å². The molecule has 0 aliphatic carbocycles. The summed E-state index contributed by atoms with van der Waals surface area (Å²) in [5, 5.41) is 3.08. The number of para-hydroxylation sites is 1. The summed E-state index contributed by atoms with van der Waals surface area (Å²) >= 11 is 0. The number of benzene rings is 2. The highest BCUT2D eigenvalue weighted by molar-refractivity contribution is 5.76. The van der Waals surface area contributed by atoms with Crippen molar-refractivity contribution in [3.8, 4) is 0 Å². The zero-order valence-electron chi connectivity index (χ0n) is 15.7. The van der Waals surface area contributed by atoms with E-state index in [1.165, 1.54) is 21.7 Å². The lowest BCUT2D eigenvalue weighted by atomic mass is 10.1. The molecule has 1 aliphatic heterocycles. The normalized spacial score (nSPS) is 15.0. The molecule has 0 spiro atoms. The second-order valence-electron chi connectivity index (χ2n) is 7.14. The standard InChI is InChI=1S/C22H29N3O/c1-19-8-5-6-12-21(19)25-16-14-24(15-17-25)18-22(26)23-13-7-11-20-9-3-2-4-10-20/h2-6,8-10,12H,7,11,13-18H2,1H3,(H,23,26)/p+1. The van der Waals surface area contributed by atoms with Gasteiger partial charge in [0.1, 0.15) is 0 Å². The molecule has 2 aromatic rings. The number of carbonyl (C=O) groups excluding carboxylic acids is 1. The van der Waals surface area contributed by atoms with E-state index in [0.29, 0.717) is 6.54 Å². The lowest BCUT2D eigenvalue weighted by molar-refractivity contribution is -0.892. The van der Waals surface area contributed by atoms with Gasteiger partial charge in [0, 0.05) is 12.2 Å². The summed E-state index contributed by atoms with van der Waals surface area (Å²) in [7, 11) is 0. The number of carbonyl (C=O) groups is 1. The van der Waals surface area contributed by atoms with Crippen LogP contribution in [-0.4, -0.2) is 45.2 Å². The first kappa shape index (κ1) is 18.5. The van der Waals surface area contributed by atoms with Crippen LogP contribution in [0.1, 0.15) is 17.5 Å². The molecular formula is C22H30N3O+. The fourth-order valence-corrected chi connectivity index (χ4v) is 3.61. The highest BCUT2D eigenvalue weighted by atomic mass is 16.2. The topological polar surface area (TPSA) is 36.8 Å². The summed E-state index contributed by atoms with van der Waals surface area (Å²) in [4.78, 5) is 16.0. The number of quaternary nitrogens is 1. The summed E-state index contributed by atoms with van der Waals surface area (Å²) in [5.74, 6) is 0.178. The van der Waals surface area contributed by atoms with Crippen LogP contribution in [0.3, 0.4) is 0 Å². The van der Waals surface area contributed by atoms with E-state index in [0.717, 1.165) is 45.6 Å². The van der Waals surface area contributed by atoms with Crippen molar-refractivity contribution in [2.75, 3.05) is 44.2 Å². The van der Waals surface area contributed by atoms with Gasteiger partial charge in [-0.1, -0.05) is 48.5 Å². The highest BCUT2D eigenvalue weighted by Crippen LogP contribution is 2.18. The maximum atomic E-state index is 12.2. The number of aryl methyl sites for hydroxylation is 2. The van der Waals surface area contributed by atoms with Crippen LogP contribution < -0.4 is 15.1 Å². The minimum atomic E-state index is 0.178. The summed E-state index contributed by atoms with van der Waals surface area (Å²) in [6.45, 7) is 7.58. The Balaban J connectivity index is 1.34. The largest absolute Gasteiger partial charge is 0.360 e. The maximum absolute atomic E-state index is 12.2. The zero-order chi connectivity index (χ0) is 18.2. The van der Waals surface area contributed by atoms with Gasteiger partial charge in [0.05, 0.1) is 26.2 Å². The average Bonchev–Trinajstić information content (AvgIpc) is 2.67. The summed E-state index contributed by atoms with van der Waals surface area (Å²) in [5.41, 5.74) is 3.99. The Morgan fingerprint density at radius 1 is 1.04 bits per heavy atom. The predicted octanol–water partition coefficient (Wildman–Crippen LogP) is 1.45. The Hall–Kier alpha value is -2.33. The molecule has 0 aromatic heterocycles. The van der Waals surface area contributed by atoms with Gasteiger partial charge >= 0.3 is 0 Å². The van der Waals surface area contributed by atoms with E-state index in [2.05, 4.69) is 65.7 Å². The molecule has 4 nitrogen and oxygen atoms in total. The second kappa shape index (κ2) is 9.39. The van der Waals surface area contributed by atoms with Crippen molar-refractivity contribution in [3.63, 3.8) is 0 Å². The highest BCUT2D eigenvalue weighted by Gasteiger charge is 2.22. The van der Waals surface area contributed by atoms with Gasteiger partial charge in [-0.15, -0.1) is 0 Å². The van der Waals surface area contributed by atoms with Crippen LogP contribution in [0.4, 0.5) is 5.69 Å². The Labute approximate surface area is 156 Å². The molecule has 2 N–H and O–H groups in total. The van der Waals surface area contributed by atoms with E-state index in [1.54, 1.807) is 0 Å². The van der Waals surface area contributed by atoms with Gasteiger partial charge in [-0.3, -0.25) is 4.79 Å². The number of piperazine rings is 1. The third kappa shape index (κ3) is 5.33. The van der Waals surface area contributed by atoms with E-state index in [1.807, 2.05) is 6.07 Å². The second-order valence-corrected chi connectivity index (χ2v) is 7.14. The quantitative estimate of drug-likeness (QED) is 0.740. The Kier molecular flexibility index (Phi) is 6.67. The van der Waals surface area contributed by atoms with Crippen LogP contribution in [0.5, 0.6) is 0 Å². The number of hydrogen-bond acceptors (Lipinski definition) is 2. The number of rotatable bonds is 7. The fourth-order valence-electron chi connectivity index (χ4n) is 3.61. The van der Waals surface area contributed by atoms with E-state index in [4.69, 9.17) is 0 Å². The zero-order valence-corrected chi connectivity index (χ0v) is 15.7. The maximum Gasteiger partial charge on any atom is 0.275 e. The van der Waals surface area contributed by atoms with Gasteiger partial charge < -0.3 is 15.1 Å². The molecule has 0 radical (unpaired) electrons. The molecule has 1 fully saturated rings. The number of anilines is 1. The molecule has 4 heteroatoms. The van der Waals surface area contributed by atoms with Crippen molar-refractivity contribution in [2.24, 2.45) is 0 Å². The SMILES string of the molecule is Cc1ccccc1N1CC[NH+](CC(=O)NCCCc2ccccc2)CC1. The number of nitrogens with one attached hydrogen (secondary N) is 2. The average molecular weight is 353 g/mol. The van der Waals surface area contributed by atoms with Gasteiger partial charge in [0.15, 0.2) is 6.54 Å². The summed E-state index contributed by atoms with van der Waals surface area (Å²) in [6, 6.07) is 19.0. The van der Waals surface area contributed by atoms with Crippen LogP contribution in [0.2, 0.25) is 0 Å². The molecule has 1 heterocycles. The Morgan fingerprint density at radius 2 is 1.73 bits per heavy atom. The number of nitrogens with zero attached hydrogens (tertiary/aromatic N) is 1. The minimum absolute atomic E-state index is 0.178. The molecule has 2 aromatic carbocycles. The third-order valence-electron chi connectivity index (χ3n) is 5.14. The minimum Gasteiger partial charge on any atom is -0.360 e. The van der Waals surface area contributed by atoms with Crippen molar-refractivity contribution in [3.05, 3.63) is 65.7 Å². The van der Waals surface area contributed by atoms with Crippen molar-refractivity contribution in [2.45, 2.75) is 19.8 Å². The van der Waals surface area contributed by atoms with Gasteiger partial charge in [0.2, 0.25) is 0 Å². The molecule has 138 valence electrons. The molecule has 0 bridgehead atoms. The molecule has 1 amide bonds.